The van der Waals surface area contributed by atoms with Crippen molar-refractivity contribution in [3.8, 4) is 17.2 Å². The van der Waals surface area contributed by atoms with Crippen LogP contribution in [0.5, 0.6) is 17.2 Å². The number of fused-ring (bicyclic) bond motifs is 1. The van der Waals surface area contributed by atoms with Gasteiger partial charge in [-0.25, -0.2) is 0 Å². The third kappa shape index (κ3) is 4.41. The van der Waals surface area contributed by atoms with Gasteiger partial charge in [-0.1, -0.05) is 13.8 Å². The van der Waals surface area contributed by atoms with Crippen LogP contribution in [0.3, 0.4) is 0 Å². The fraction of sp³-hybridized carbons (Fsp3) is 0.273. The second-order valence-electron chi connectivity index (χ2n) is 10.2. The van der Waals surface area contributed by atoms with E-state index in [0.717, 1.165) is 45.5 Å². The van der Waals surface area contributed by atoms with E-state index in [-0.39, 0.29) is 5.75 Å². The van der Waals surface area contributed by atoms with Crippen LogP contribution in [-0.4, -0.2) is 27.4 Å². The van der Waals surface area contributed by atoms with Gasteiger partial charge in [0.2, 0.25) is 5.43 Å². The Morgan fingerprint density at radius 3 is 1.85 bits per heavy atom. The summed E-state index contributed by atoms with van der Waals surface area (Å²) in [5, 5.41) is 0. The minimum atomic E-state index is -0.554. The summed E-state index contributed by atoms with van der Waals surface area (Å²) < 4.78 is 16.3. The summed E-state index contributed by atoms with van der Waals surface area (Å²) in [6.45, 7) is 9.22. The molecule has 1 heterocycles. The van der Waals surface area contributed by atoms with Crippen molar-refractivity contribution in [2.75, 3.05) is 37.2 Å². The van der Waals surface area contributed by atoms with Crippen molar-refractivity contribution in [1.82, 2.24) is 0 Å². The van der Waals surface area contributed by atoms with Crippen molar-refractivity contribution in [2.24, 2.45) is 0 Å². The van der Waals surface area contributed by atoms with Crippen LogP contribution in [0.2, 0.25) is 0 Å². The highest BCUT2D eigenvalue weighted by molar-refractivity contribution is 5.83. The van der Waals surface area contributed by atoms with Gasteiger partial charge in [-0.05, 0) is 92.2 Å². The SMILES string of the molecule is CCOc1c(/C=C2/N(CC)c3ccc(N(c4ccc(OC)cc4)c4ccc(OC)cc4)cc3C2(C)C)c(=O)c1=O. The van der Waals surface area contributed by atoms with E-state index in [2.05, 4.69) is 48.8 Å². The summed E-state index contributed by atoms with van der Waals surface area (Å²) in [6, 6.07) is 22.4. The van der Waals surface area contributed by atoms with Crippen LogP contribution in [0.4, 0.5) is 22.7 Å². The summed E-state index contributed by atoms with van der Waals surface area (Å²) in [5.41, 5.74) is 4.97. The number of allylic oxidation sites excluding steroid dienone is 1. The predicted molar refractivity (Wildman–Crippen MR) is 161 cm³/mol. The number of rotatable bonds is 9. The third-order valence-electron chi connectivity index (χ3n) is 7.58. The number of likely N-dealkylation sites (N-methyl/N-ethyl adjacent to an activating group) is 1. The fourth-order valence-electron chi connectivity index (χ4n) is 5.46. The molecule has 7 heteroatoms. The topological polar surface area (TPSA) is 68.3 Å². The van der Waals surface area contributed by atoms with Gasteiger partial charge in [0.25, 0.3) is 5.43 Å². The van der Waals surface area contributed by atoms with Gasteiger partial charge >= 0.3 is 0 Å². The van der Waals surface area contributed by atoms with Crippen molar-refractivity contribution in [1.29, 1.82) is 0 Å². The maximum atomic E-state index is 12.5. The van der Waals surface area contributed by atoms with Gasteiger partial charge in [-0.3, -0.25) is 9.59 Å². The third-order valence-corrected chi connectivity index (χ3v) is 7.58. The van der Waals surface area contributed by atoms with E-state index in [4.69, 9.17) is 14.2 Å². The Morgan fingerprint density at radius 2 is 1.35 bits per heavy atom. The van der Waals surface area contributed by atoms with E-state index < -0.39 is 16.3 Å². The zero-order valence-corrected chi connectivity index (χ0v) is 23.8. The molecule has 0 aliphatic carbocycles. The summed E-state index contributed by atoms with van der Waals surface area (Å²) in [5.74, 6) is 1.73. The van der Waals surface area contributed by atoms with Crippen molar-refractivity contribution in [3.05, 3.63) is 104 Å². The Balaban J connectivity index is 1.63. The normalized spacial score (nSPS) is 14.8. The summed E-state index contributed by atoms with van der Waals surface area (Å²) in [4.78, 5) is 29.0. The zero-order valence-electron chi connectivity index (χ0n) is 23.8. The van der Waals surface area contributed by atoms with E-state index in [1.165, 1.54) is 0 Å². The number of nitrogens with zero attached hydrogens (tertiary/aromatic N) is 2. The summed E-state index contributed by atoms with van der Waals surface area (Å²) in [6.07, 6.45) is 1.84. The van der Waals surface area contributed by atoms with Crippen LogP contribution in [0.15, 0.2) is 82.0 Å². The van der Waals surface area contributed by atoms with E-state index in [1.54, 1.807) is 21.1 Å². The number of benzene rings is 3. The Kier molecular flexibility index (Phi) is 7.15. The molecule has 0 saturated carbocycles. The molecular formula is C33H34N2O5. The van der Waals surface area contributed by atoms with Gasteiger partial charge in [0.05, 0.1) is 26.4 Å². The second-order valence-corrected chi connectivity index (χ2v) is 10.2. The molecule has 40 heavy (non-hydrogen) atoms. The molecule has 0 fully saturated rings. The highest BCUT2D eigenvalue weighted by Gasteiger charge is 2.41. The maximum absolute atomic E-state index is 12.5. The lowest BCUT2D eigenvalue weighted by Crippen LogP contribution is -2.36. The summed E-state index contributed by atoms with van der Waals surface area (Å²) >= 11 is 0. The first-order chi connectivity index (χ1) is 19.2. The van der Waals surface area contributed by atoms with Crippen molar-refractivity contribution < 1.29 is 14.2 Å². The molecule has 0 aromatic heterocycles. The monoisotopic (exact) mass is 538 g/mol. The largest absolute Gasteiger partial charge is 0.497 e. The van der Waals surface area contributed by atoms with E-state index in [1.807, 2.05) is 54.6 Å². The summed E-state index contributed by atoms with van der Waals surface area (Å²) in [7, 11) is 3.31. The molecule has 0 unspecified atom stereocenters. The minimum absolute atomic E-state index is 0.161. The van der Waals surface area contributed by atoms with E-state index in [9.17, 15) is 9.59 Å². The number of hydrogen-bond donors (Lipinski definition) is 0. The molecule has 0 N–H and O–H groups in total. The smallest absolute Gasteiger partial charge is 0.268 e. The van der Waals surface area contributed by atoms with Gasteiger partial charge in [-0.2, -0.15) is 0 Å². The first-order valence-electron chi connectivity index (χ1n) is 13.4. The molecule has 206 valence electrons. The lowest BCUT2D eigenvalue weighted by Gasteiger charge is -2.28. The van der Waals surface area contributed by atoms with Gasteiger partial charge in [0.15, 0.2) is 5.75 Å². The van der Waals surface area contributed by atoms with Gasteiger partial charge < -0.3 is 24.0 Å². The molecular weight excluding hydrogens is 504 g/mol. The average Bonchev–Trinajstić information content (AvgIpc) is 3.20. The van der Waals surface area contributed by atoms with E-state index in [0.29, 0.717) is 18.7 Å². The predicted octanol–water partition coefficient (Wildman–Crippen LogP) is 6.33. The van der Waals surface area contributed by atoms with Crippen LogP contribution in [0.25, 0.3) is 6.08 Å². The zero-order chi connectivity index (χ0) is 28.6. The quantitative estimate of drug-likeness (QED) is 0.231. The van der Waals surface area contributed by atoms with Crippen LogP contribution >= 0.6 is 0 Å². The van der Waals surface area contributed by atoms with E-state index >= 15 is 0 Å². The first kappa shape index (κ1) is 27.1. The molecule has 4 aromatic carbocycles. The Hall–Kier alpha value is -4.52. The molecule has 0 amide bonds. The molecule has 0 atom stereocenters. The first-order valence-corrected chi connectivity index (χ1v) is 13.4. The number of methoxy groups -OCH3 is 2. The van der Waals surface area contributed by atoms with Crippen molar-refractivity contribution in [2.45, 2.75) is 33.1 Å². The molecule has 5 rings (SSSR count). The molecule has 1 aliphatic rings. The molecule has 0 radical (unpaired) electrons. The number of ether oxygens (including phenoxy) is 3. The molecule has 0 saturated heterocycles. The van der Waals surface area contributed by atoms with Crippen molar-refractivity contribution in [3.63, 3.8) is 0 Å². The Labute approximate surface area is 234 Å². The Morgan fingerprint density at radius 1 is 0.800 bits per heavy atom. The number of hydrogen-bond acceptors (Lipinski definition) is 7. The van der Waals surface area contributed by atoms with Crippen LogP contribution in [-0.2, 0) is 5.41 Å². The standard InChI is InChI=1S/C33H34N2O5/c1-7-34-28-18-13-23(19-27(28)33(3,4)29(34)20-26-30(36)31(37)32(26)40-8-2)35(21-9-14-24(38-5)15-10-21)22-11-16-25(39-6)17-12-22/h9-20H,7-8H2,1-6H3/b29-20+. The highest BCUT2D eigenvalue weighted by Crippen LogP contribution is 2.50. The van der Waals surface area contributed by atoms with Gasteiger partial charge in [-0.15, -0.1) is 0 Å². The maximum Gasteiger partial charge on any atom is 0.268 e. The molecule has 1 aliphatic heterocycles. The Bertz CT molecular complexity index is 1580. The molecule has 0 bridgehead atoms. The van der Waals surface area contributed by atoms with Gasteiger partial charge in [0.1, 0.15) is 11.5 Å². The van der Waals surface area contributed by atoms with Gasteiger partial charge in [0, 0.05) is 40.4 Å². The second kappa shape index (κ2) is 10.6. The fourth-order valence-corrected chi connectivity index (χ4v) is 5.46. The van der Waals surface area contributed by atoms with Crippen LogP contribution in [0, 0.1) is 0 Å². The molecule has 7 nitrogen and oxygen atoms in total. The number of anilines is 4. The minimum Gasteiger partial charge on any atom is -0.497 e. The van der Waals surface area contributed by atoms with Crippen LogP contribution < -0.4 is 34.9 Å². The lowest BCUT2D eigenvalue weighted by molar-refractivity contribution is 0.332. The van der Waals surface area contributed by atoms with Crippen molar-refractivity contribution >= 4 is 28.8 Å². The lowest BCUT2D eigenvalue weighted by atomic mass is 9.82. The average molecular weight is 539 g/mol. The highest BCUT2D eigenvalue weighted by atomic mass is 16.5. The van der Waals surface area contributed by atoms with Crippen LogP contribution in [0.1, 0.15) is 38.8 Å². The molecule has 4 aromatic rings. The molecule has 0 spiro atoms.